The van der Waals surface area contributed by atoms with Gasteiger partial charge < -0.3 is 25.0 Å². The number of carbonyl (C=O) groups excluding carboxylic acids is 1. The maximum absolute atomic E-state index is 14.0. The second-order valence-electron chi connectivity index (χ2n) is 9.82. The van der Waals surface area contributed by atoms with Crippen LogP contribution in [-0.4, -0.2) is 90.9 Å². The van der Waals surface area contributed by atoms with E-state index in [4.69, 9.17) is 4.74 Å². The third kappa shape index (κ3) is 6.43. The molecule has 0 unspecified atom stereocenters. The standard InChI is InChI=1S/C27H36FN5O4/c1-19-17-31(14-15-33(19)27(35)36)18-20-4-7-23(8-5-20)30(2)26(34)32-12-10-21(11-13-32)29-22-6-9-25(37-3)24(28)16-22/h4-9,16,19,21,29H,10-15,17-18H2,1-3H3,(H,35,36)/t19-/m0/s1. The first-order valence-electron chi connectivity index (χ1n) is 12.7. The van der Waals surface area contributed by atoms with Crippen LogP contribution in [0.5, 0.6) is 5.75 Å². The number of nitrogens with zero attached hydrogens (tertiary/aromatic N) is 4. The molecular formula is C27H36FN5O4. The van der Waals surface area contributed by atoms with E-state index in [-0.39, 0.29) is 23.9 Å². The number of carboxylic acid groups (broad SMARTS) is 1. The normalized spacial score (nSPS) is 19.0. The zero-order valence-corrected chi connectivity index (χ0v) is 21.7. The maximum Gasteiger partial charge on any atom is 0.407 e. The lowest BCUT2D eigenvalue weighted by atomic mass is 10.0. The molecule has 0 saturated carbocycles. The Labute approximate surface area is 217 Å². The number of hydrogen-bond acceptors (Lipinski definition) is 5. The summed E-state index contributed by atoms with van der Waals surface area (Å²) in [5.74, 6) is -0.182. The molecule has 2 aromatic carbocycles. The van der Waals surface area contributed by atoms with E-state index >= 15 is 0 Å². The Kier molecular flexibility index (Phi) is 8.38. The number of piperazine rings is 1. The molecule has 2 aromatic rings. The summed E-state index contributed by atoms with van der Waals surface area (Å²) < 4.78 is 18.9. The Hall–Kier alpha value is -3.53. The number of benzene rings is 2. The molecule has 0 radical (unpaired) electrons. The van der Waals surface area contributed by atoms with E-state index in [1.165, 1.54) is 18.1 Å². The number of urea groups is 1. The SMILES string of the molecule is COc1ccc(NC2CCN(C(=O)N(C)c3ccc(CN4CCN(C(=O)O)[C@@H](C)C4)cc3)CC2)cc1F. The van der Waals surface area contributed by atoms with Crippen LogP contribution in [0.1, 0.15) is 25.3 Å². The number of hydrogen-bond donors (Lipinski definition) is 2. The Morgan fingerprint density at radius 3 is 2.41 bits per heavy atom. The van der Waals surface area contributed by atoms with Crippen molar-refractivity contribution >= 4 is 23.5 Å². The number of halogens is 1. The van der Waals surface area contributed by atoms with E-state index in [2.05, 4.69) is 10.2 Å². The van der Waals surface area contributed by atoms with Gasteiger partial charge in [-0.3, -0.25) is 9.80 Å². The second-order valence-corrected chi connectivity index (χ2v) is 9.82. The van der Waals surface area contributed by atoms with Crippen LogP contribution in [0.4, 0.5) is 25.4 Å². The molecule has 2 aliphatic rings. The van der Waals surface area contributed by atoms with Crippen molar-refractivity contribution in [3.05, 3.63) is 53.8 Å². The van der Waals surface area contributed by atoms with Crippen molar-refractivity contribution in [2.75, 3.05) is 57.1 Å². The summed E-state index contributed by atoms with van der Waals surface area (Å²) in [5.41, 5.74) is 2.66. The third-order valence-electron chi connectivity index (χ3n) is 7.26. The van der Waals surface area contributed by atoms with Gasteiger partial charge in [-0.25, -0.2) is 14.0 Å². The molecular weight excluding hydrogens is 477 g/mol. The van der Waals surface area contributed by atoms with Gasteiger partial charge in [0.25, 0.3) is 0 Å². The van der Waals surface area contributed by atoms with E-state index in [9.17, 15) is 19.1 Å². The lowest BCUT2D eigenvalue weighted by Gasteiger charge is -2.38. The molecule has 2 aliphatic heterocycles. The molecule has 10 heteroatoms. The van der Waals surface area contributed by atoms with Gasteiger partial charge in [0.1, 0.15) is 0 Å². The molecule has 200 valence electrons. The van der Waals surface area contributed by atoms with E-state index in [1.54, 1.807) is 24.1 Å². The molecule has 1 atom stereocenters. The van der Waals surface area contributed by atoms with Crippen molar-refractivity contribution in [3.63, 3.8) is 0 Å². The number of rotatable bonds is 6. The van der Waals surface area contributed by atoms with E-state index < -0.39 is 11.9 Å². The molecule has 3 amide bonds. The van der Waals surface area contributed by atoms with Crippen LogP contribution in [0.2, 0.25) is 0 Å². The number of ether oxygens (including phenoxy) is 1. The maximum atomic E-state index is 14.0. The minimum absolute atomic E-state index is 0.0361. The lowest BCUT2D eigenvalue weighted by Crippen LogP contribution is -2.53. The van der Waals surface area contributed by atoms with Crippen LogP contribution in [0.15, 0.2) is 42.5 Å². The predicted octanol–water partition coefficient (Wildman–Crippen LogP) is 4.15. The summed E-state index contributed by atoms with van der Waals surface area (Å²) in [6.07, 6.45) is 0.691. The summed E-state index contributed by atoms with van der Waals surface area (Å²) in [5, 5.41) is 12.6. The Morgan fingerprint density at radius 1 is 1.11 bits per heavy atom. The van der Waals surface area contributed by atoms with Gasteiger partial charge in [-0.2, -0.15) is 0 Å². The number of anilines is 2. The van der Waals surface area contributed by atoms with Crippen LogP contribution in [0, 0.1) is 5.82 Å². The highest BCUT2D eigenvalue weighted by atomic mass is 19.1. The molecule has 9 nitrogen and oxygen atoms in total. The molecule has 0 bridgehead atoms. The number of amides is 3. The van der Waals surface area contributed by atoms with Crippen molar-refractivity contribution in [1.29, 1.82) is 0 Å². The number of piperidine rings is 1. The summed E-state index contributed by atoms with van der Waals surface area (Å²) >= 11 is 0. The minimum Gasteiger partial charge on any atom is -0.494 e. The van der Waals surface area contributed by atoms with Crippen LogP contribution < -0.4 is 15.0 Å². The second kappa shape index (κ2) is 11.7. The summed E-state index contributed by atoms with van der Waals surface area (Å²) in [4.78, 5) is 31.6. The fourth-order valence-electron chi connectivity index (χ4n) is 5.07. The Bertz CT molecular complexity index is 1090. The van der Waals surface area contributed by atoms with Crippen LogP contribution in [0.3, 0.4) is 0 Å². The van der Waals surface area contributed by atoms with Gasteiger partial charge >= 0.3 is 12.1 Å². The molecule has 37 heavy (non-hydrogen) atoms. The van der Waals surface area contributed by atoms with Crippen LogP contribution in [-0.2, 0) is 6.54 Å². The average Bonchev–Trinajstić information content (AvgIpc) is 2.89. The van der Waals surface area contributed by atoms with Gasteiger partial charge in [-0.1, -0.05) is 12.1 Å². The number of nitrogens with one attached hydrogen (secondary N) is 1. The first-order chi connectivity index (χ1) is 17.7. The Balaban J connectivity index is 1.25. The van der Waals surface area contributed by atoms with Gasteiger partial charge in [-0.05, 0) is 49.6 Å². The van der Waals surface area contributed by atoms with Crippen LogP contribution >= 0.6 is 0 Å². The number of carbonyl (C=O) groups is 2. The van der Waals surface area contributed by atoms with Gasteiger partial charge in [0, 0.05) is 75.8 Å². The minimum atomic E-state index is -0.864. The summed E-state index contributed by atoms with van der Waals surface area (Å²) in [7, 11) is 3.23. The molecule has 0 spiro atoms. The number of likely N-dealkylation sites (tertiary alicyclic amines) is 1. The first kappa shape index (κ1) is 26.5. The zero-order chi connectivity index (χ0) is 26.5. The molecule has 2 fully saturated rings. The predicted molar refractivity (Wildman–Crippen MR) is 141 cm³/mol. The quantitative estimate of drug-likeness (QED) is 0.603. The zero-order valence-electron chi connectivity index (χ0n) is 21.7. The molecule has 0 aliphatic carbocycles. The number of methoxy groups -OCH3 is 1. The van der Waals surface area contributed by atoms with Gasteiger partial charge in [0.05, 0.1) is 7.11 Å². The fraction of sp³-hybridized carbons (Fsp3) is 0.481. The van der Waals surface area contributed by atoms with Gasteiger partial charge in [-0.15, -0.1) is 0 Å². The molecule has 2 N–H and O–H groups in total. The average molecular weight is 514 g/mol. The summed E-state index contributed by atoms with van der Waals surface area (Å²) in [6, 6.07) is 12.9. The monoisotopic (exact) mass is 513 g/mol. The molecule has 2 heterocycles. The summed E-state index contributed by atoms with van der Waals surface area (Å²) in [6.45, 7) is 5.83. The van der Waals surface area contributed by atoms with Crippen molar-refractivity contribution in [1.82, 2.24) is 14.7 Å². The van der Waals surface area contributed by atoms with Crippen molar-refractivity contribution in [2.45, 2.75) is 38.4 Å². The largest absolute Gasteiger partial charge is 0.494 e. The van der Waals surface area contributed by atoms with Crippen molar-refractivity contribution in [2.24, 2.45) is 0 Å². The molecule has 0 aromatic heterocycles. The topological polar surface area (TPSA) is 88.6 Å². The smallest absolute Gasteiger partial charge is 0.407 e. The van der Waals surface area contributed by atoms with Crippen molar-refractivity contribution < 1.29 is 23.8 Å². The van der Waals surface area contributed by atoms with Gasteiger partial charge in [0.15, 0.2) is 11.6 Å². The van der Waals surface area contributed by atoms with Crippen molar-refractivity contribution in [3.8, 4) is 5.75 Å². The Morgan fingerprint density at radius 2 is 1.81 bits per heavy atom. The van der Waals surface area contributed by atoms with E-state index in [0.29, 0.717) is 38.4 Å². The van der Waals surface area contributed by atoms with E-state index in [1.807, 2.05) is 36.1 Å². The highest BCUT2D eigenvalue weighted by Crippen LogP contribution is 2.24. The fourth-order valence-corrected chi connectivity index (χ4v) is 5.07. The first-order valence-corrected chi connectivity index (χ1v) is 12.7. The highest BCUT2D eigenvalue weighted by Gasteiger charge is 2.28. The highest BCUT2D eigenvalue weighted by molar-refractivity contribution is 5.91. The lowest BCUT2D eigenvalue weighted by molar-refractivity contribution is 0.0711. The third-order valence-corrected chi connectivity index (χ3v) is 7.26. The van der Waals surface area contributed by atoms with E-state index in [0.717, 1.165) is 30.6 Å². The van der Waals surface area contributed by atoms with Gasteiger partial charge in [0.2, 0.25) is 0 Å². The molecule has 2 saturated heterocycles. The molecule has 4 rings (SSSR count). The van der Waals surface area contributed by atoms with Crippen LogP contribution in [0.25, 0.3) is 0 Å².